The van der Waals surface area contributed by atoms with Crippen molar-refractivity contribution in [3.05, 3.63) is 0 Å². The van der Waals surface area contributed by atoms with Crippen LogP contribution >= 0.6 is 0 Å². The van der Waals surface area contributed by atoms with Crippen LogP contribution in [-0.2, 0) is 4.79 Å². The molecule has 1 aliphatic rings. The molecular weight excluding hydrogens is 224 g/mol. The molecule has 1 aliphatic heterocycles. The Morgan fingerprint density at radius 2 is 1.89 bits per heavy atom. The number of amides is 1. The first kappa shape index (κ1) is 15.5. The summed E-state index contributed by atoms with van der Waals surface area (Å²) in [6, 6.07) is 0.448. The number of nitrogens with one attached hydrogen (secondary N) is 1. The lowest BCUT2D eigenvalue weighted by Crippen LogP contribution is -2.41. The lowest BCUT2D eigenvalue weighted by Gasteiger charge is -2.30. The van der Waals surface area contributed by atoms with Crippen LogP contribution in [0.1, 0.15) is 58.8 Å². The minimum Gasteiger partial charge on any atom is -0.342 e. The molecule has 1 N–H and O–H groups in total. The van der Waals surface area contributed by atoms with E-state index < -0.39 is 0 Å². The maximum Gasteiger partial charge on any atom is 0.225 e. The zero-order valence-corrected chi connectivity index (χ0v) is 12.4. The smallest absolute Gasteiger partial charge is 0.225 e. The first-order chi connectivity index (χ1) is 8.70. The van der Waals surface area contributed by atoms with Crippen molar-refractivity contribution in [1.29, 1.82) is 0 Å². The molecule has 0 bridgehead atoms. The minimum atomic E-state index is 0.251. The van der Waals surface area contributed by atoms with Crippen LogP contribution in [0.3, 0.4) is 0 Å². The summed E-state index contributed by atoms with van der Waals surface area (Å²) in [5.41, 5.74) is 0. The first-order valence-corrected chi connectivity index (χ1v) is 7.68. The van der Waals surface area contributed by atoms with Crippen LogP contribution in [0.2, 0.25) is 0 Å². The predicted octanol–water partition coefficient (Wildman–Crippen LogP) is 2.80. The molecule has 0 saturated carbocycles. The summed E-state index contributed by atoms with van der Waals surface area (Å²) in [4.78, 5) is 14.6. The van der Waals surface area contributed by atoms with Gasteiger partial charge in [0.05, 0.1) is 0 Å². The van der Waals surface area contributed by atoms with Crippen molar-refractivity contribution in [1.82, 2.24) is 10.2 Å². The molecule has 1 unspecified atom stereocenters. The molecular formula is C15H30N2O. The fourth-order valence-electron chi connectivity index (χ4n) is 2.94. The van der Waals surface area contributed by atoms with Crippen LogP contribution in [0.5, 0.6) is 0 Å². The Balaban J connectivity index is 2.55. The van der Waals surface area contributed by atoms with E-state index in [-0.39, 0.29) is 5.92 Å². The molecule has 1 heterocycles. The third kappa shape index (κ3) is 4.60. The standard InChI is InChI=1S/C15H30N2O/c1-4-7-13(8-5-2)15(18)17(3)14-9-6-11-16-12-10-14/h13-14,16H,4-12H2,1-3H3. The van der Waals surface area contributed by atoms with E-state index in [0.717, 1.165) is 51.6 Å². The van der Waals surface area contributed by atoms with Gasteiger partial charge >= 0.3 is 0 Å². The second-order valence-corrected chi connectivity index (χ2v) is 5.56. The fourth-order valence-corrected chi connectivity index (χ4v) is 2.94. The fraction of sp³-hybridized carbons (Fsp3) is 0.933. The molecule has 3 nitrogen and oxygen atoms in total. The van der Waals surface area contributed by atoms with Gasteiger partial charge in [-0.2, -0.15) is 0 Å². The molecule has 0 aromatic heterocycles. The highest BCUT2D eigenvalue weighted by Gasteiger charge is 2.26. The molecule has 3 heteroatoms. The Hall–Kier alpha value is -0.570. The van der Waals surface area contributed by atoms with Crippen LogP contribution < -0.4 is 5.32 Å². The third-order valence-corrected chi connectivity index (χ3v) is 4.06. The van der Waals surface area contributed by atoms with E-state index in [0.29, 0.717) is 11.9 Å². The molecule has 0 spiro atoms. The van der Waals surface area contributed by atoms with Crippen LogP contribution in [0.15, 0.2) is 0 Å². The Labute approximate surface area is 112 Å². The molecule has 1 amide bonds. The summed E-state index contributed by atoms with van der Waals surface area (Å²) in [6.45, 7) is 6.50. The second-order valence-electron chi connectivity index (χ2n) is 5.56. The molecule has 0 aromatic carbocycles. The molecule has 106 valence electrons. The summed E-state index contributed by atoms with van der Waals surface area (Å²) in [5.74, 6) is 0.631. The van der Waals surface area contributed by atoms with Gasteiger partial charge in [0.25, 0.3) is 0 Å². The average Bonchev–Trinajstić information content (AvgIpc) is 2.65. The molecule has 1 saturated heterocycles. The molecule has 1 atom stereocenters. The normalized spacial score (nSPS) is 20.8. The van der Waals surface area contributed by atoms with E-state index in [1.165, 1.54) is 6.42 Å². The Morgan fingerprint density at radius 1 is 1.22 bits per heavy atom. The van der Waals surface area contributed by atoms with Crippen LogP contribution in [0.25, 0.3) is 0 Å². The quantitative estimate of drug-likeness (QED) is 0.790. The molecule has 18 heavy (non-hydrogen) atoms. The van der Waals surface area contributed by atoms with Crippen molar-refractivity contribution in [2.45, 2.75) is 64.8 Å². The van der Waals surface area contributed by atoms with Gasteiger partial charge < -0.3 is 10.2 Å². The van der Waals surface area contributed by atoms with E-state index in [1.54, 1.807) is 0 Å². The van der Waals surface area contributed by atoms with Gasteiger partial charge in [0.15, 0.2) is 0 Å². The maximum absolute atomic E-state index is 12.5. The maximum atomic E-state index is 12.5. The van der Waals surface area contributed by atoms with Gasteiger partial charge in [-0.3, -0.25) is 4.79 Å². The largest absolute Gasteiger partial charge is 0.342 e. The number of nitrogens with zero attached hydrogens (tertiary/aromatic N) is 1. The van der Waals surface area contributed by atoms with Crippen molar-refractivity contribution in [2.24, 2.45) is 5.92 Å². The number of carbonyl (C=O) groups excluding carboxylic acids is 1. The number of rotatable bonds is 6. The Kier molecular flexibility index (Phi) is 7.33. The van der Waals surface area contributed by atoms with Crippen molar-refractivity contribution in [3.63, 3.8) is 0 Å². The van der Waals surface area contributed by atoms with Crippen LogP contribution in [0, 0.1) is 5.92 Å². The van der Waals surface area contributed by atoms with Crippen LogP contribution in [0.4, 0.5) is 0 Å². The van der Waals surface area contributed by atoms with Gasteiger partial charge in [-0.1, -0.05) is 26.7 Å². The first-order valence-electron chi connectivity index (χ1n) is 7.68. The Bertz CT molecular complexity index is 229. The van der Waals surface area contributed by atoms with Crippen molar-refractivity contribution >= 4 is 5.91 Å². The van der Waals surface area contributed by atoms with Gasteiger partial charge in [-0.05, 0) is 45.2 Å². The number of carbonyl (C=O) groups is 1. The van der Waals surface area contributed by atoms with Gasteiger partial charge in [-0.15, -0.1) is 0 Å². The molecule has 1 fully saturated rings. The third-order valence-electron chi connectivity index (χ3n) is 4.06. The SMILES string of the molecule is CCCC(CCC)C(=O)N(C)C1CCCNCC1. The van der Waals surface area contributed by atoms with Gasteiger partial charge in [0.2, 0.25) is 5.91 Å². The van der Waals surface area contributed by atoms with Crippen molar-refractivity contribution in [3.8, 4) is 0 Å². The summed E-state index contributed by atoms with van der Waals surface area (Å²) in [6.07, 6.45) is 7.75. The summed E-state index contributed by atoms with van der Waals surface area (Å²) in [5, 5.41) is 3.41. The highest BCUT2D eigenvalue weighted by molar-refractivity contribution is 5.78. The molecule has 0 radical (unpaired) electrons. The van der Waals surface area contributed by atoms with E-state index in [1.807, 2.05) is 11.9 Å². The zero-order valence-electron chi connectivity index (χ0n) is 12.4. The molecule has 0 aromatic rings. The van der Waals surface area contributed by atoms with Gasteiger partial charge in [0, 0.05) is 19.0 Å². The predicted molar refractivity (Wildman–Crippen MR) is 76.6 cm³/mol. The topological polar surface area (TPSA) is 32.3 Å². The summed E-state index contributed by atoms with van der Waals surface area (Å²) >= 11 is 0. The van der Waals surface area contributed by atoms with E-state index >= 15 is 0 Å². The lowest BCUT2D eigenvalue weighted by molar-refractivity contribution is -0.137. The highest BCUT2D eigenvalue weighted by Crippen LogP contribution is 2.20. The highest BCUT2D eigenvalue weighted by atomic mass is 16.2. The zero-order chi connectivity index (χ0) is 13.4. The summed E-state index contributed by atoms with van der Waals surface area (Å²) < 4.78 is 0. The Morgan fingerprint density at radius 3 is 2.50 bits per heavy atom. The monoisotopic (exact) mass is 254 g/mol. The second kappa shape index (κ2) is 8.52. The van der Waals surface area contributed by atoms with E-state index in [9.17, 15) is 4.79 Å². The van der Waals surface area contributed by atoms with E-state index in [2.05, 4.69) is 19.2 Å². The average molecular weight is 254 g/mol. The van der Waals surface area contributed by atoms with Gasteiger partial charge in [-0.25, -0.2) is 0 Å². The lowest BCUT2D eigenvalue weighted by atomic mass is 9.95. The van der Waals surface area contributed by atoms with Crippen molar-refractivity contribution in [2.75, 3.05) is 20.1 Å². The van der Waals surface area contributed by atoms with Crippen LogP contribution in [-0.4, -0.2) is 37.0 Å². The van der Waals surface area contributed by atoms with Gasteiger partial charge in [0.1, 0.15) is 0 Å². The van der Waals surface area contributed by atoms with E-state index in [4.69, 9.17) is 0 Å². The number of hydrogen-bond donors (Lipinski definition) is 1. The number of hydrogen-bond acceptors (Lipinski definition) is 2. The molecule has 0 aliphatic carbocycles. The van der Waals surface area contributed by atoms with Crippen molar-refractivity contribution < 1.29 is 4.79 Å². The minimum absolute atomic E-state index is 0.251. The summed E-state index contributed by atoms with van der Waals surface area (Å²) in [7, 11) is 2.01. The molecule has 1 rings (SSSR count).